The summed E-state index contributed by atoms with van der Waals surface area (Å²) in [4.78, 5) is 43.4. The Morgan fingerprint density at radius 3 is 2.59 bits per heavy atom. The van der Waals surface area contributed by atoms with Crippen LogP contribution in [0.4, 0.5) is 13.2 Å². The minimum absolute atomic E-state index is 0.0273. The summed E-state index contributed by atoms with van der Waals surface area (Å²) in [6, 6.07) is 8.24. The highest BCUT2D eigenvalue weighted by atomic mass is 19.4. The van der Waals surface area contributed by atoms with Crippen LogP contribution in [-0.4, -0.2) is 63.1 Å². The third kappa shape index (κ3) is 7.19. The molecular weight excluding hydrogens is 453 g/mol. The molecule has 1 aromatic heterocycles. The number of alkyl halides is 3. The summed E-state index contributed by atoms with van der Waals surface area (Å²) in [7, 11) is 0. The predicted octanol–water partition coefficient (Wildman–Crippen LogP) is 3.74. The number of aromatic nitrogens is 2. The third-order valence-corrected chi connectivity index (χ3v) is 6.08. The van der Waals surface area contributed by atoms with Crippen molar-refractivity contribution in [1.29, 1.82) is 0 Å². The molecule has 2 unspecified atom stereocenters. The Labute approximate surface area is 194 Å². The molecule has 11 heteroatoms. The number of likely N-dealkylation sites (tertiary alicyclic amines) is 1. The largest absolute Gasteiger partial charge is 0.490 e. The molecule has 0 spiro atoms. The zero-order valence-electron chi connectivity index (χ0n) is 18.7. The molecule has 8 nitrogen and oxygen atoms in total. The Morgan fingerprint density at radius 2 is 1.88 bits per heavy atom. The molecule has 2 aliphatic rings. The van der Waals surface area contributed by atoms with Gasteiger partial charge in [-0.05, 0) is 44.2 Å². The number of H-pyrrole nitrogens is 1. The average Bonchev–Trinajstić information content (AvgIpc) is 3.12. The van der Waals surface area contributed by atoms with Gasteiger partial charge in [0.15, 0.2) is 0 Å². The Hall–Kier alpha value is -3.11. The summed E-state index contributed by atoms with van der Waals surface area (Å²) in [5, 5.41) is 10.3. The molecule has 1 aromatic carbocycles. The lowest BCUT2D eigenvalue weighted by Crippen LogP contribution is -2.45. The number of halogens is 3. The van der Waals surface area contributed by atoms with E-state index in [4.69, 9.17) is 14.9 Å². The van der Waals surface area contributed by atoms with Gasteiger partial charge in [-0.1, -0.05) is 25.0 Å². The standard InChI is InChI=1S/C21H28N4O2.C2HF3O2/c26-19(14-25-12-5-1-2-11-20(25)27)22-16-8-6-7-15(13-16)21-23-17-9-3-4-10-18(17)24-21;3-2(4,5)1(6)7/h3-4,9-10,15-16H,1-2,5-8,11-14H2,(H,22,26)(H,23,24);(H,6,7). The van der Waals surface area contributed by atoms with Gasteiger partial charge in [-0.3, -0.25) is 9.59 Å². The number of benzene rings is 1. The number of carboxylic acid groups (broad SMARTS) is 1. The molecule has 1 aliphatic carbocycles. The van der Waals surface area contributed by atoms with E-state index >= 15 is 0 Å². The minimum Gasteiger partial charge on any atom is -0.475 e. The van der Waals surface area contributed by atoms with Crippen molar-refractivity contribution in [3.05, 3.63) is 30.1 Å². The summed E-state index contributed by atoms with van der Waals surface area (Å²) in [5.41, 5.74) is 2.07. The van der Waals surface area contributed by atoms with Gasteiger partial charge < -0.3 is 20.3 Å². The lowest BCUT2D eigenvalue weighted by Gasteiger charge is -2.29. The Bertz CT molecular complexity index is 975. The fourth-order valence-corrected chi connectivity index (χ4v) is 4.39. The lowest BCUT2D eigenvalue weighted by atomic mass is 9.85. The van der Waals surface area contributed by atoms with Crippen molar-refractivity contribution in [2.75, 3.05) is 13.1 Å². The van der Waals surface area contributed by atoms with E-state index < -0.39 is 12.1 Å². The van der Waals surface area contributed by atoms with Crippen molar-refractivity contribution >= 4 is 28.8 Å². The maximum Gasteiger partial charge on any atom is 0.490 e. The van der Waals surface area contributed by atoms with Gasteiger partial charge in [-0.25, -0.2) is 9.78 Å². The average molecular weight is 483 g/mol. The molecule has 34 heavy (non-hydrogen) atoms. The summed E-state index contributed by atoms with van der Waals surface area (Å²) in [5.74, 6) is -1.30. The van der Waals surface area contributed by atoms with Crippen LogP contribution in [0, 0.1) is 0 Å². The van der Waals surface area contributed by atoms with Crippen molar-refractivity contribution in [3.63, 3.8) is 0 Å². The molecule has 4 rings (SSSR count). The van der Waals surface area contributed by atoms with E-state index in [-0.39, 0.29) is 24.4 Å². The number of imidazole rings is 1. The number of nitrogens with zero attached hydrogens (tertiary/aromatic N) is 2. The van der Waals surface area contributed by atoms with Crippen LogP contribution in [0.3, 0.4) is 0 Å². The molecule has 1 saturated carbocycles. The zero-order valence-corrected chi connectivity index (χ0v) is 18.7. The molecule has 2 atom stereocenters. The van der Waals surface area contributed by atoms with E-state index in [1.165, 1.54) is 0 Å². The minimum atomic E-state index is -5.08. The summed E-state index contributed by atoms with van der Waals surface area (Å²) < 4.78 is 31.7. The molecule has 1 aliphatic heterocycles. The molecule has 1 saturated heterocycles. The molecule has 0 bridgehead atoms. The third-order valence-electron chi connectivity index (χ3n) is 6.08. The van der Waals surface area contributed by atoms with Gasteiger partial charge >= 0.3 is 12.1 Å². The number of amides is 2. The number of hydrogen-bond acceptors (Lipinski definition) is 4. The number of aliphatic carboxylic acids is 1. The maximum atomic E-state index is 12.5. The van der Waals surface area contributed by atoms with Crippen LogP contribution in [0.1, 0.15) is 63.1 Å². The number of nitrogens with one attached hydrogen (secondary N) is 2. The summed E-state index contributed by atoms with van der Waals surface area (Å²) in [6.45, 7) is 0.906. The van der Waals surface area contributed by atoms with Crippen LogP contribution in [0.5, 0.6) is 0 Å². The highest BCUT2D eigenvalue weighted by Crippen LogP contribution is 2.32. The van der Waals surface area contributed by atoms with Crippen LogP contribution >= 0.6 is 0 Å². The van der Waals surface area contributed by atoms with Crippen LogP contribution in [0.25, 0.3) is 11.0 Å². The summed E-state index contributed by atoms with van der Waals surface area (Å²) in [6.07, 6.45) is 2.58. The smallest absolute Gasteiger partial charge is 0.475 e. The predicted molar refractivity (Wildman–Crippen MR) is 118 cm³/mol. The van der Waals surface area contributed by atoms with E-state index in [1.54, 1.807) is 4.90 Å². The Morgan fingerprint density at radius 1 is 1.15 bits per heavy atom. The number of fused-ring (bicyclic) bond motifs is 1. The van der Waals surface area contributed by atoms with E-state index in [2.05, 4.69) is 10.3 Å². The zero-order chi connectivity index (χ0) is 24.7. The molecule has 2 amide bonds. The van der Waals surface area contributed by atoms with E-state index in [1.807, 2.05) is 24.3 Å². The Balaban J connectivity index is 0.000000406. The van der Waals surface area contributed by atoms with Gasteiger partial charge in [0.25, 0.3) is 0 Å². The van der Waals surface area contributed by atoms with Gasteiger partial charge in [0, 0.05) is 24.9 Å². The topological polar surface area (TPSA) is 115 Å². The first-order chi connectivity index (χ1) is 16.1. The van der Waals surface area contributed by atoms with Crippen molar-refractivity contribution in [3.8, 4) is 0 Å². The molecular formula is C23H29F3N4O4. The molecule has 186 valence electrons. The first-order valence-corrected chi connectivity index (χ1v) is 11.5. The number of carbonyl (C=O) groups is 3. The van der Waals surface area contributed by atoms with Crippen LogP contribution in [-0.2, 0) is 14.4 Å². The number of para-hydroxylation sites is 2. The van der Waals surface area contributed by atoms with Gasteiger partial charge in [0.05, 0.1) is 17.6 Å². The van der Waals surface area contributed by atoms with Gasteiger partial charge in [0.1, 0.15) is 5.82 Å². The molecule has 2 fully saturated rings. The fraction of sp³-hybridized carbons (Fsp3) is 0.565. The first-order valence-electron chi connectivity index (χ1n) is 11.5. The quantitative estimate of drug-likeness (QED) is 0.614. The lowest BCUT2D eigenvalue weighted by molar-refractivity contribution is -0.192. The number of aromatic amines is 1. The summed E-state index contributed by atoms with van der Waals surface area (Å²) >= 11 is 0. The molecule has 2 aromatic rings. The van der Waals surface area contributed by atoms with Crippen LogP contribution in [0.15, 0.2) is 24.3 Å². The van der Waals surface area contributed by atoms with Crippen molar-refractivity contribution in [2.45, 2.75) is 69.5 Å². The second kappa shape index (κ2) is 11.3. The van der Waals surface area contributed by atoms with Crippen LogP contribution < -0.4 is 5.32 Å². The first kappa shape index (κ1) is 25.5. The number of hydrogen-bond donors (Lipinski definition) is 3. The fourth-order valence-electron chi connectivity index (χ4n) is 4.39. The monoisotopic (exact) mass is 482 g/mol. The second-order valence-electron chi connectivity index (χ2n) is 8.70. The van der Waals surface area contributed by atoms with Crippen molar-refractivity contribution in [1.82, 2.24) is 20.2 Å². The van der Waals surface area contributed by atoms with E-state index in [0.29, 0.717) is 18.9 Å². The number of carbonyl (C=O) groups excluding carboxylic acids is 2. The second-order valence-corrected chi connectivity index (χ2v) is 8.70. The number of rotatable bonds is 4. The van der Waals surface area contributed by atoms with E-state index in [9.17, 15) is 22.8 Å². The Kier molecular flexibility index (Phi) is 8.51. The van der Waals surface area contributed by atoms with Crippen molar-refractivity contribution in [2.24, 2.45) is 0 Å². The van der Waals surface area contributed by atoms with Gasteiger partial charge in [-0.2, -0.15) is 13.2 Å². The SMILES string of the molecule is O=C(CN1CCCCCC1=O)NC1CCCC(c2nc3ccccc3[nH]2)C1.O=C(O)C(F)(F)F. The van der Waals surface area contributed by atoms with Gasteiger partial charge in [0.2, 0.25) is 11.8 Å². The molecule has 0 radical (unpaired) electrons. The maximum absolute atomic E-state index is 12.5. The highest BCUT2D eigenvalue weighted by Gasteiger charge is 2.38. The van der Waals surface area contributed by atoms with E-state index in [0.717, 1.165) is 61.8 Å². The normalized spacial score (nSPS) is 21.4. The van der Waals surface area contributed by atoms with Gasteiger partial charge in [-0.15, -0.1) is 0 Å². The molecule has 3 N–H and O–H groups in total. The van der Waals surface area contributed by atoms with Crippen molar-refractivity contribution < 1.29 is 32.7 Å². The molecule has 2 heterocycles. The number of carboxylic acids is 1. The van der Waals surface area contributed by atoms with Crippen LogP contribution in [0.2, 0.25) is 0 Å². The highest BCUT2D eigenvalue weighted by molar-refractivity contribution is 5.85.